The Balaban J connectivity index is 1.85. The summed E-state index contributed by atoms with van der Waals surface area (Å²) in [6.45, 7) is 0.607. The van der Waals surface area contributed by atoms with Gasteiger partial charge in [0, 0.05) is 13.0 Å². The molecule has 2 heterocycles. The van der Waals surface area contributed by atoms with Gasteiger partial charge < -0.3 is 10.2 Å². The molecular formula is C19H21N3O2S. The van der Waals surface area contributed by atoms with E-state index in [-0.39, 0.29) is 11.8 Å². The zero-order valence-electron chi connectivity index (χ0n) is 14.1. The quantitative estimate of drug-likeness (QED) is 0.834. The highest BCUT2D eigenvalue weighted by Gasteiger charge is 2.32. The molecule has 1 aliphatic heterocycles. The van der Waals surface area contributed by atoms with Crippen LogP contribution in [0.5, 0.6) is 0 Å². The lowest BCUT2D eigenvalue weighted by atomic mass is 10.0. The molecule has 1 aromatic heterocycles. The summed E-state index contributed by atoms with van der Waals surface area (Å²) >= 11 is 1.55. The third kappa shape index (κ3) is 4.20. The summed E-state index contributed by atoms with van der Waals surface area (Å²) in [4.78, 5) is 31.3. The summed E-state index contributed by atoms with van der Waals surface area (Å²) in [7, 11) is 0. The molecule has 130 valence electrons. The molecule has 1 fully saturated rings. The number of nitrogens with zero attached hydrogens (tertiary/aromatic N) is 2. The first-order chi connectivity index (χ1) is 12.2. The molecule has 0 bridgehead atoms. The largest absolute Gasteiger partial charge is 0.327 e. The summed E-state index contributed by atoms with van der Waals surface area (Å²) < 4.78 is 0. The van der Waals surface area contributed by atoms with Gasteiger partial charge >= 0.3 is 0 Å². The molecule has 2 aromatic rings. The summed E-state index contributed by atoms with van der Waals surface area (Å²) in [5, 5.41) is 3.80. The summed E-state index contributed by atoms with van der Waals surface area (Å²) in [5.74, 6) is -0.175. The van der Waals surface area contributed by atoms with E-state index >= 15 is 0 Å². The van der Waals surface area contributed by atoms with Crippen molar-refractivity contribution in [3.63, 3.8) is 0 Å². The molecule has 1 atom stereocenters. The van der Waals surface area contributed by atoms with Gasteiger partial charge in [-0.1, -0.05) is 30.3 Å². The van der Waals surface area contributed by atoms with Crippen LogP contribution in [-0.2, 0) is 9.59 Å². The monoisotopic (exact) mass is 355 g/mol. The Morgan fingerprint density at radius 1 is 1.20 bits per heavy atom. The number of aromatic nitrogens is 1. The highest BCUT2D eigenvalue weighted by atomic mass is 32.2. The molecule has 1 aromatic carbocycles. The molecular weight excluding hydrogens is 334 g/mol. The molecule has 1 aliphatic rings. The van der Waals surface area contributed by atoms with Crippen molar-refractivity contribution in [3.05, 3.63) is 54.2 Å². The smallest absolute Gasteiger partial charge is 0.251 e. The number of nitrogens with one attached hydrogen (secondary N) is 1. The van der Waals surface area contributed by atoms with Crippen molar-refractivity contribution < 1.29 is 9.59 Å². The van der Waals surface area contributed by atoms with E-state index in [0.717, 1.165) is 23.4 Å². The van der Waals surface area contributed by atoms with E-state index in [0.29, 0.717) is 18.7 Å². The van der Waals surface area contributed by atoms with Crippen LogP contribution in [0.3, 0.4) is 0 Å². The van der Waals surface area contributed by atoms with Crippen LogP contribution in [0, 0.1) is 0 Å². The number of hydrogen-bond acceptors (Lipinski definition) is 4. The van der Waals surface area contributed by atoms with Crippen LogP contribution in [0.1, 0.15) is 30.9 Å². The molecule has 1 N–H and O–H groups in total. The number of likely N-dealkylation sites (tertiary alicyclic amines) is 1. The standard InChI is InChI=1S/C19H21N3O2S/c1-25-16-11-10-15(13-20-16)21-19(24)18(14-7-3-2-4-8-14)22-12-6-5-9-17(22)23/h2-4,7-8,10-11,13,18H,5-6,9,12H2,1H3,(H,21,24). The lowest BCUT2D eigenvalue weighted by Gasteiger charge is -2.34. The second kappa shape index (κ2) is 8.16. The molecule has 1 unspecified atom stereocenters. The number of rotatable bonds is 5. The topological polar surface area (TPSA) is 62.3 Å². The number of thioether (sulfide) groups is 1. The van der Waals surface area contributed by atoms with E-state index in [2.05, 4.69) is 10.3 Å². The number of benzene rings is 1. The van der Waals surface area contributed by atoms with Crippen LogP contribution >= 0.6 is 11.8 Å². The third-order valence-corrected chi connectivity index (χ3v) is 4.91. The summed E-state index contributed by atoms with van der Waals surface area (Å²) in [6, 6.07) is 12.5. The van der Waals surface area contributed by atoms with Crippen LogP contribution in [-0.4, -0.2) is 34.5 Å². The maximum atomic E-state index is 13.0. The second-order valence-electron chi connectivity index (χ2n) is 5.94. The molecule has 5 nitrogen and oxygen atoms in total. The van der Waals surface area contributed by atoms with Crippen molar-refractivity contribution in [2.75, 3.05) is 18.1 Å². The fourth-order valence-corrected chi connectivity index (χ4v) is 3.36. The Hall–Kier alpha value is -2.34. The van der Waals surface area contributed by atoms with E-state index < -0.39 is 6.04 Å². The molecule has 0 aliphatic carbocycles. The Labute approximate surface area is 151 Å². The van der Waals surface area contributed by atoms with Gasteiger partial charge in [0.25, 0.3) is 5.91 Å². The third-order valence-electron chi connectivity index (χ3n) is 4.25. The minimum atomic E-state index is -0.616. The number of anilines is 1. The van der Waals surface area contributed by atoms with Crippen LogP contribution in [0.2, 0.25) is 0 Å². The van der Waals surface area contributed by atoms with E-state index in [1.54, 1.807) is 22.9 Å². The first-order valence-electron chi connectivity index (χ1n) is 8.34. The summed E-state index contributed by atoms with van der Waals surface area (Å²) in [6.07, 6.45) is 5.91. The van der Waals surface area contributed by atoms with Crippen LogP contribution < -0.4 is 5.32 Å². The van der Waals surface area contributed by atoms with Crippen LogP contribution in [0.15, 0.2) is 53.7 Å². The lowest BCUT2D eigenvalue weighted by molar-refractivity contribution is -0.141. The maximum absolute atomic E-state index is 13.0. The van der Waals surface area contributed by atoms with Crippen molar-refractivity contribution in [2.45, 2.75) is 30.3 Å². The highest BCUT2D eigenvalue weighted by molar-refractivity contribution is 7.98. The van der Waals surface area contributed by atoms with Crippen molar-refractivity contribution in [3.8, 4) is 0 Å². The number of carbonyl (C=O) groups excluding carboxylic acids is 2. The van der Waals surface area contributed by atoms with E-state index in [9.17, 15) is 9.59 Å². The number of piperidine rings is 1. The van der Waals surface area contributed by atoms with Crippen LogP contribution in [0.25, 0.3) is 0 Å². The normalized spacial score (nSPS) is 15.7. The Morgan fingerprint density at radius 2 is 2.00 bits per heavy atom. The van der Waals surface area contributed by atoms with Gasteiger partial charge in [-0.25, -0.2) is 4.98 Å². The van der Waals surface area contributed by atoms with Gasteiger partial charge in [-0.15, -0.1) is 11.8 Å². The van der Waals surface area contributed by atoms with Gasteiger partial charge in [-0.2, -0.15) is 0 Å². The number of hydrogen-bond donors (Lipinski definition) is 1. The van der Waals surface area contributed by atoms with E-state index in [4.69, 9.17) is 0 Å². The fraction of sp³-hybridized carbons (Fsp3) is 0.316. The molecule has 3 rings (SSSR count). The lowest BCUT2D eigenvalue weighted by Crippen LogP contribution is -2.43. The molecule has 0 saturated carbocycles. The molecule has 0 spiro atoms. The number of pyridine rings is 1. The molecule has 2 amide bonds. The second-order valence-corrected chi connectivity index (χ2v) is 6.76. The summed E-state index contributed by atoms with van der Waals surface area (Å²) in [5.41, 5.74) is 1.46. The van der Waals surface area contributed by atoms with Crippen molar-refractivity contribution >= 4 is 29.3 Å². The predicted molar refractivity (Wildman–Crippen MR) is 99.4 cm³/mol. The maximum Gasteiger partial charge on any atom is 0.251 e. The van der Waals surface area contributed by atoms with Gasteiger partial charge in [-0.3, -0.25) is 9.59 Å². The highest BCUT2D eigenvalue weighted by Crippen LogP contribution is 2.27. The van der Waals surface area contributed by atoms with Gasteiger partial charge in [-0.05, 0) is 36.8 Å². The van der Waals surface area contributed by atoms with Gasteiger partial charge in [0.1, 0.15) is 6.04 Å². The SMILES string of the molecule is CSc1ccc(NC(=O)C(c2ccccc2)N2CCCCC2=O)cn1. The number of carbonyl (C=O) groups is 2. The van der Waals surface area contributed by atoms with Crippen molar-refractivity contribution in [1.82, 2.24) is 9.88 Å². The van der Waals surface area contributed by atoms with Gasteiger partial charge in [0.15, 0.2) is 0 Å². The zero-order chi connectivity index (χ0) is 17.6. The van der Waals surface area contributed by atoms with Gasteiger partial charge in [0.05, 0.1) is 16.9 Å². The Morgan fingerprint density at radius 3 is 2.64 bits per heavy atom. The average Bonchev–Trinajstić information content (AvgIpc) is 2.65. The molecule has 0 radical (unpaired) electrons. The Kier molecular flexibility index (Phi) is 5.71. The van der Waals surface area contributed by atoms with E-state index in [1.807, 2.05) is 48.7 Å². The van der Waals surface area contributed by atoms with Gasteiger partial charge in [0.2, 0.25) is 5.91 Å². The first-order valence-corrected chi connectivity index (χ1v) is 9.57. The van der Waals surface area contributed by atoms with E-state index in [1.165, 1.54) is 0 Å². The molecule has 1 saturated heterocycles. The fourth-order valence-electron chi connectivity index (χ4n) is 2.99. The average molecular weight is 355 g/mol. The first kappa shape index (κ1) is 17.5. The molecule has 25 heavy (non-hydrogen) atoms. The molecule has 6 heteroatoms. The zero-order valence-corrected chi connectivity index (χ0v) is 15.0. The number of amides is 2. The van der Waals surface area contributed by atoms with Crippen LogP contribution in [0.4, 0.5) is 5.69 Å². The minimum Gasteiger partial charge on any atom is -0.327 e. The predicted octanol–water partition coefficient (Wildman–Crippen LogP) is 3.50. The minimum absolute atomic E-state index is 0.0334. The van der Waals surface area contributed by atoms with Crippen molar-refractivity contribution in [2.24, 2.45) is 0 Å². The Bertz CT molecular complexity index is 734. The van der Waals surface area contributed by atoms with Crippen molar-refractivity contribution in [1.29, 1.82) is 0 Å².